The van der Waals surface area contributed by atoms with Gasteiger partial charge >= 0.3 is 12.0 Å². The number of urea groups is 1. The van der Waals surface area contributed by atoms with Gasteiger partial charge in [-0.05, 0) is 30.5 Å². The summed E-state index contributed by atoms with van der Waals surface area (Å²) in [4.78, 5) is 46.3. The fraction of sp³-hybridized carbons (Fsp3) is 0.250. The van der Waals surface area contributed by atoms with Crippen LogP contribution in [0.15, 0.2) is 48.5 Å². The van der Waals surface area contributed by atoms with Gasteiger partial charge in [-0.1, -0.05) is 30.3 Å². The van der Waals surface area contributed by atoms with Crippen LogP contribution in [-0.2, 0) is 16.1 Å². The maximum atomic E-state index is 12.1. The summed E-state index contributed by atoms with van der Waals surface area (Å²) in [6.45, 7) is -0.474. The van der Waals surface area contributed by atoms with Crippen molar-refractivity contribution in [2.24, 2.45) is 0 Å². The summed E-state index contributed by atoms with van der Waals surface area (Å²) in [5.41, 5.74) is 0.866. The molecule has 0 saturated heterocycles. The van der Waals surface area contributed by atoms with Crippen LogP contribution >= 0.6 is 0 Å². The fourth-order valence-electron chi connectivity index (χ4n) is 2.58. The number of hydrogen-bond acceptors (Lipinski definition) is 7. The summed E-state index contributed by atoms with van der Waals surface area (Å²) < 4.78 is 4.85. The lowest BCUT2D eigenvalue weighted by Gasteiger charge is -2.09. The number of nitro groups is 1. The maximum absolute atomic E-state index is 12.1. The molecule has 30 heavy (non-hydrogen) atoms. The van der Waals surface area contributed by atoms with Gasteiger partial charge in [0.05, 0.1) is 10.5 Å². The van der Waals surface area contributed by atoms with Gasteiger partial charge in [0.1, 0.15) is 5.69 Å². The first-order valence-electron chi connectivity index (χ1n) is 9.26. The number of carbonyl (C=O) groups is 3. The summed E-state index contributed by atoms with van der Waals surface area (Å²) in [5.74, 6) is -1.73. The first kappa shape index (κ1) is 20.8. The third-order valence-electron chi connectivity index (χ3n) is 4.25. The van der Waals surface area contributed by atoms with E-state index in [1.165, 1.54) is 12.1 Å². The van der Waals surface area contributed by atoms with Gasteiger partial charge in [-0.15, -0.1) is 0 Å². The van der Waals surface area contributed by atoms with Crippen molar-refractivity contribution in [2.45, 2.75) is 25.4 Å². The van der Waals surface area contributed by atoms with Crippen molar-refractivity contribution in [3.63, 3.8) is 0 Å². The van der Waals surface area contributed by atoms with Crippen LogP contribution in [0.2, 0.25) is 0 Å². The van der Waals surface area contributed by atoms with E-state index >= 15 is 0 Å². The Kier molecular flexibility index (Phi) is 6.58. The third kappa shape index (κ3) is 6.03. The Labute approximate surface area is 171 Å². The predicted octanol–water partition coefficient (Wildman–Crippen LogP) is 2.35. The standard InChI is InChI=1S/C20H20N4O6/c25-18(23-20(27)21-11-13-4-2-1-3-5-13)12-30-19(26)14-6-9-16(22-15-7-8-15)17(10-14)24(28)29/h1-6,9-10,15,22H,7-8,11-12H2,(H2,21,23,25,27). The summed E-state index contributed by atoms with van der Waals surface area (Å²) in [6.07, 6.45) is 1.88. The second-order valence-corrected chi connectivity index (χ2v) is 6.70. The second-order valence-electron chi connectivity index (χ2n) is 6.70. The minimum absolute atomic E-state index is 0.0654. The van der Waals surface area contributed by atoms with Crippen LogP contribution in [0.4, 0.5) is 16.2 Å². The zero-order valence-corrected chi connectivity index (χ0v) is 15.9. The van der Waals surface area contributed by atoms with Crippen molar-refractivity contribution in [1.82, 2.24) is 10.6 Å². The van der Waals surface area contributed by atoms with Crippen LogP contribution < -0.4 is 16.0 Å². The smallest absolute Gasteiger partial charge is 0.338 e. The number of carbonyl (C=O) groups excluding carboxylic acids is 3. The van der Waals surface area contributed by atoms with E-state index in [9.17, 15) is 24.5 Å². The molecule has 156 valence electrons. The molecule has 3 amide bonds. The van der Waals surface area contributed by atoms with E-state index < -0.39 is 29.4 Å². The summed E-state index contributed by atoms with van der Waals surface area (Å²) >= 11 is 0. The van der Waals surface area contributed by atoms with Gasteiger partial charge in [0.25, 0.3) is 11.6 Å². The largest absolute Gasteiger partial charge is 0.452 e. The Morgan fingerprint density at radius 3 is 2.50 bits per heavy atom. The molecule has 1 aliphatic carbocycles. The highest BCUT2D eigenvalue weighted by atomic mass is 16.6. The molecule has 0 radical (unpaired) electrons. The number of benzene rings is 2. The molecule has 0 aliphatic heterocycles. The van der Waals surface area contributed by atoms with E-state index in [-0.39, 0.29) is 23.8 Å². The van der Waals surface area contributed by atoms with Gasteiger partial charge in [-0.3, -0.25) is 20.2 Å². The van der Waals surface area contributed by atoms with E-state index in [1.54, 1.807) is 0 Å². The number of amides is 3. The summed E-state index contributed by atoms with van der Waals surface area (Å²) in [6, 6.07) is 12.5. The SMILES string of the molecule is O=C(COC(=O)c1ccc(NC2CC2)c([N+](=O)[O-])c1)NC(=O)NCc1ccccc1. The number of nitro benzene ring substituents is 1. The van der Waals surface area contributed by atoms with Gasteiger partial charge < -0.3 is 15.4 Å². The first-order chi connectivity index (χ1) is 14.4. The van der Waals surface area contributed by atoms with E-state index in [2.05, 4.69) is 10.6 Å². The summed E-state index contributed by atoms with van der Waals surface area (Å²) in [7, 11) is 0. The number of rotatable bonds is 8. The average molecular weight is 412 g/mol. The van der Waals surface area contributed by atoms with Crippen LogP contribution in [0.5, 0.6) is 0 Å². The molecule has 0 unspecified atom stereocenters. The van der Waals surface area contributed by atoms with Crippen molar-refractivity contribution in [3.05, 3.63) is 69.8 Å². The highest BCUT2D eigenvalue weighted by Gasteiger charge is 2.26. The zero-order valence-electron chi connectivity index (χ0n) is 15.9. The topological polar surface area (TPSA) is 140 Å². The molecule has 10 nitrogen and oxygen atoms in total. The molecule has 1 aliphatic rings. The minimum Gasteiger partial charge on any atom is -0.452 e. The number of esters is 1. The molecule has 1 fully saturated rings. The van der Waals surface area contributed by atoms with Crippen molar-refractivity contribution >= 4 is 29.3 Å². The quantitative estimate of drug-likeness (QED) is 0.343. The van der Waals surface area contributed by atoms with E-state index in [0.717, 1.165) is 24.5 Å². The lowest BCUT2D eigenvalue weighted by molar-refractivity contribution is -0.384. The Bertz CT molecular complexity index is 959. The van der Waals surface area contributed by atoms with E-state index in [1.807, 2.05) is 35.6 Å². The zero-order chi connectivity index (χ0) is 21.5. The fourth-order valence-corrected chi connectivity index (χ4v) is 2.58. The van der Waals surface area contributed by atoms with Gasteiger partial charge in [0, 0.05) is 18.7 Å². The first-order valence-corrected chi connectivity index (χ1v) is 9.26. The molecule has 2 aromatic carbocycles. The van der Waals surface area contributed by atoms with Crippen LogP contribution in [0.25, 0.3) is 0 Å². The van der Waals surface area contributed by atoms with Crippen LogP contribution in [-0.4, -0.2) is 35.5 Å². The van der Waals surface area contributed by atoms with Gasteiger partial charge in [-0.25, -0.2) is 9.59 Å². The number of anilines is 1. The minimum atomic E-state index is -0.907. The van der Waals surface area contributed by atoms with Crippen molar-refractivity contribution in [2.75, 3.05) is 11.9 Å². The Morgan fingerprint density at radius 2 is 1.83 bits per heavy atom. The molecule has 2 aromatic rings. The molecule has 0 atom stereocenters. The van der Waals surface area contributed by atoms with Crippen molar-refractivity contribution < 1.29 is 24.0 Å². The molecule has 0 heterocycles. The number of nitrogens with zero attached hydrogens (tertiary/aromatic N) is 1. The third-order valence-corrected chi connectivity index (χ3v) is 4.25. The van der Waals surface area contributed by atoms with Crippen LogP contribution in [0.1, 0.15) is 28.8 Å². The Balaban J connectivity index is 1.48. The molecular weight excluding hydrogens is 392 g/mol. The molecule has 10 heteroatoms. The number of ether oxygens (including phenoxy) is 1. The van der Waals surface area contributed by atoms with Gasteiger partial charge in [-0.2, -0.15) is 0 Å². The molecule has 3 rings (SSSR count). The molecular formula is C20H20N4O6. The molecule has 0 spiro atoms. The van der Waals surface area contributed by atoms with Crippen molar-refractivity contribution in [3.8, 4) is 0 Å². The molecule has 0 bridgehead atoms. The normalized spacial score (nSPS) is 12.5. The highest BCUT2D eigenvalue weighted by Crippen LogP contribution is 2.31. The lowest BCUT2D eigenvalue weighted by Crippen LogP contribution is -2.41. The van der Waals surface area contributed by atoms with Crippen molar-refractivity contribution in [1.29, 1.82) is 0 Å². The lowest BCUT2D eigenvalue weighted by atomic mass is 10.1. The van der Waals surface area contributed by atoms with Crippen LogP contribution in [0.3, 0.4) is 0 Å². The Hall–Kier alpha value is -3.95. The monoisotopic (exact) mass is 412 g/mol. The highest BCUT2D eigenvalue weighted by molar-refractivity contribution is 5.97. The molecule has 0 aromatic heterocycles. The average Bonchev–Trinajstić information content (AvgIpc) is 3.55. The maximum Gasteiger partial charge on any atom is 0.338 e. The Morgan fingerprint density at radius 1 is 1.10 bits per heavy atom. The van der Waals surface area contributed by atoms with E-state index in [4.69, 9.17) is 4.74 Å². The predicted molar refractivity (Wildman–Crippen MR) is 107 cm³/mol. The number of nitrogens with one attached hydrogen (secondary N) is 3. The molecule has 3 N–H and O–H groups in total. The summed E-state index contributed by atoms with van der Waals surface area (Å²) in [5, 5.41) is 18.8. The van der Waals surface area contributed by atoms with Gasteiger partial charge in [0.15, 0.2) is 6.61 Å². The van der Waals surface area contributed by atoms with E-state index in [0.29, 0.717) is 5.69 Å². The van der Waals surface area contributed by atoms with Gasteiger partial charge in [0.2, 0.25) is 0 Å². The number of imide groups is 1. The molecule has 1 saturated carbocycles. The number of hydrogen-bond donors (Lipinski definition) is 3. The second kappa shape index (κ2) is 9.50. The van der Waals surface area contributed by atoms with Crippen LogP contribution in [0, 0.1) is 10.1 Å².